The van der Waals surface area contributed by atoms with Crippen molar-refractivity contribution in [2.45, 2.75) is 33.2 Å². The van der Waals surface area contributed by atoms with Crippen LogP contribution in [0.25, 0.3) is 0 Å². The molecule has 0 bridgehead atoms. The minimum absolute atomic E-state index is 0.00211. The van der Waals surface area contributed by atoms with Crippen molar-refractivity contribution < 1.29 is 4.39 Å². The Hall–Kier alpha value is -1.87. The molecule has 112 valence electrons. The van der Waals surface area contributed by atoms with Crippen molar-refractivity contribution in [3.8, 4) is 0 Å². The Bertz CT molecular complexity index is 591. The van der Waals surface area contributed by atoms with Gasteiger partial charge in [-0.25, -0.2) is 4.39 Å². The van der Waals surface area contributed by atoms with E-state index in [0.717, 1.165) is 11.3 Å². The maximum absolute atomic E-state index is 14.4. The summed E-state index contributed by atoms with van der Waals surface area (Å²) in [5, 5.41) is 0. The summed E-state index contributed by atoms with van der Waals surface area (Å²) < 4.78 is 14.4. The van der Waals surface area contributed by atoms with Gasteiger partial charge >= 0.3 is 0 Å². The largest absolute Gasteiger partial charge is 0.339 e. The molecule has 1 atom stereocenters. The van der Waals surface area contributed by atoms with Gasteiger partial charge in [0.15, 0.2) is 0 Å². The number of aryl methyl sites for hydroxylation is 1. The molecule has 0 spiro atoms. The summed E-state index contributed by atoms with van der Waals surface area (Å²) in [7, 11) is 0. The molecule has 2 N–H and O–H groups in total. The summed E-state index contributed by atoms with van der Waals surface area (Å²) in [5.41, 5.74) is 9.69. The van der Waals surface area contributed by atoms with Gasteiger partial charge in [-0.15, -0.1) is 0 Å². The van der Waals surface area contributed by atoms with Crippen molar-refractivity contribution in [1.29, 1.82) is 0 Å². The quantitative estimate of drug-likeness (QED) is 0.893. The van der Waals surface area contributed by atoms with Crippen LogP contribution in [0.15, 0.2) is 42.5 Å². The van der Waals surface area contributed by atoms with Crippen LogP contribution in [0, 0.1) is 12.7 Å². The number of hydrogen-bond donors (Lipinski definition) is 1. The molecule has 0 amide bonds. The highest BCUT2D eigenvalue weighted by atomic mass is 19.1. The van der Waals surface area contributed by atoms with Gasteiger partial charge in [0.25, 0.3) is 0 Å². The lowest BCUT2D eigenvalue weighted by Gasteiger charge is -2.27. The minimum Gasteiger partial charge on any atom is -0.339 e. The Morgan fingerprint density at radius 2 is 1.81 bits per heavy atom. The molecule has 2 rings (SSSR count). The van der Waals surface area contributed by atoms with Crippen molar-refractivity contribution in [1.82, 2.24) is 0 Å². The van der Waals surface area contributed by atoms with E-state index in [4.69, 9.17) is 5.73 Å². The molecule has 0 aliphatic heterocycles. The van der Waals surface area contributed by atoms with E-state index in [9.17, 15) is 4.39 Å². The van der Waals surface area contributed by atoms with E-state index >= 15 is 0 Å². The summed E-state index contributed by atoms with van der Waals surface area (Å²) in [6.45, 7) is 6.72. The first-order chi connectivity index (χ1) is 10.0. The van der Waals surface area contributed by atoms with Gasteiger partial charge in [0.1, 0.15) is 5.82 Å². The first-order valence-corrected chi connectivity index (χ1v) is 7.40. The van der Waals surface area contributed by atoms with Crippen LogP contribution in [0.3, 0.4) is 0 Å². The molecule has 3 heteroatoms. The smallest absolute Gasteiger partial charge is 0.147 e. The van der Waals surface area contributed by atoms with Crippen LogP contribution < -0.4 is 10.6 Å². The van der Waals surface area contributed by atoms with Crippen molar-refractivity contribution in [3.05, 3.63) is 59.4 Å². The molecule has 0 fully saturated rings. The predicted octanol–water partition coefficient (Wildman–Crippen LogP) is 4.18. The van der Waals surface area contributed by atoms with E-state index in [2.05, 4.69) is 0 Å². The maximum Gasteiger partial charge on any atom is 0.147 e. The van der Waals surface area contributed by atoms with Gasteiger partial charge in [0, 0.05) is 18.3 Å². The standard InChI is InChI=1S/C18H23FN2/c1-4-21(16-10-8-13(2)9-11-16)18-15(12-14(3)20)6-5-7-17(18)19/h5-11,14H,4,12,20H2,1-3H3. The maximum atomic E-state index is 14.4. The average Bonchev–Trinajstić information content (AvgIpc) is 2.43. The van der Waals surface area contributed by atoms with Gasteiger partial charge in [0.05, 0.1) is 5.69 Å². The fourth-order valence-electron chi connectivity index (χ4n) is 2.57. The third kappa shape index (κ3) is 3.61. The normalized spacial score (nSPS) is 12.2. The monoisotopic (exact) mass is 286 g/mol. The van der Waals surface area contributed by atoms with E-state index in [0.29, 0.717) is 18.7 Å². The zero-order valence-corrected chi connectivity index (χ0v) is 12.9. The molecule has 21 heavy (non-hydrogen) atoms. The van der Waals surface area contributed by atoms with Crippen LogP contribution in [0.5, 0.6) is 0 Å². The van der Waals surface area contributed by atoms with Gasteiger partial charge in [-0.05, 0) is 51.0 Å². The number of rotatable bonds is 5. The number of hydrogen-bond acceptors (Lipinski definition) is 2. The van der Waals surface area contributed by atoms with Crippen molar-refractivity contribution in [2.24, 2.45) is 5.73 Å². The molecule has 0 aromatic heterocycles. The van der Waals surface area contributed by atoms with Crippen LogP contribution in [0.1, 0.15) is 25.0 Å². The Morgan fingerprint density at radius 1 is 1.14 bits per heavy atom. The number of halogens is 1. The second-order valence-electron chi connectivity index (χ2n) is 5.51. The number of para-hydroxylation sites is 1. The fraction of sp³-hybridized carbons (Fsp3) is 0.333. The highest BCUT2D eigenvalue weighted by Crippen LogP contribution is 2.31. The second kappa shape index (κ2) is 6.72. The van der Waals surface area contributed by atoms with Crippen molar-refractivity contribution in [3.63, 3.8) is 0 Å². The number of nitrogens with zero attached hydrogens (tertiary/aromatic N) is 1. The van der Waals surface area contributed by atoms with Crippen molar-refractivity contribution >= 4 is 11.4 Å². The van der Waals surface area contributed by atoms with Crippen LogP contribution in [-0.4, -0.2) is 12.6 Å². The third-order valence-electron chi connectivity index (χ3n) is 3.54. The number of anilines is 2. The van der Waals surface area contributed by atoms with Gasteiger partial charge in [-0.1, -0.05) is 29.8 Å². The first kappa shape index (κ1) is 15.5. The molecule has 0 aliphatic carbocycles. The molecule has 0 radical (unpaired) electrons. The van der Waals surface area contributed by atoms with E-state index in [1.807, 2.05) is 56.0 Å². The minimum atomic E-state index is -0.199. The lowest BCUT2D eigenvalue weighted by Crippen LogP contribution is -2.23. The zero-order valence-electron chi connectivity index (χ0n) is 12.9. The molecule has 2 aromatic rings. The van der Waals surface area contributed by atoms with Crippen molar-refractivity contribution in [2.75, 3.05) is 11.4 Å². The Kier molecular flexibility index (Phi) is 4.97. The molecule has 0 heterocycles. The number of benzene rings is 2. The fourth-order valence-corrected chi connectivity index (χ4v) is 2.57. The summed E-state index contributed by atoms with van der Waals surface area (Å²) in [6.07, 6.45) is 0.662. The van der Waals surface area contributed by atoms with E-state index in [1.54, 1.807) is 6.07 Å². The highest BCUT2D eigenvalue weighted by Gasteiger charge is 2.17. The van der Waals surface area contributed by atoms with Crippen LogP contribution in [-0.2, 0) is 6.42 Å². The zero-order chi connectivity index (χ0) is 15.4. The van der Waals surface area contributed by atoms with Gasteiger partial charge < -0.3 is 10.6 Å². The van der Waals surface area contributed by atoms with E-state index in [1.165, 1.54) is 11.6 Å². The highest BCUT2D eigenvalue weighted by molar-refractivity contribution is 5.67. The lowest BCUT2D eigenvalue weighted by atomic mass is 10.0. The van der Waals surface area contributed by atoms with Crippen LogP contribution in [0.2, 0.25) is 0 Å². The molecular formula is C18H23FN2. The van der Waals surface area contributed by atoms with E-state index < -0.39 is 0 Å². The van der Waals surface area contributed by atoms with Gasteiger partial charge in [-0.2, -0.15) is 0 Å². The summed E-state index contributed by atoms with van der Waals surface area (Å²) in [5.74, 6) is -0.199. The van der Waals surface area contributed by atoms with E-state index in [-0.39, 0.29) is 11.9 Å². The molecule has 0 aliphatic rings. The van der Waals surface area contributed by atoms with Crippen LogP contribution >= 0.6 is 0 Å². The predicted molar refractivity (Wildman–Crippen MR) is 87.6 cm³/mol. The molecule has 2 aromatic carbocycles. The molecule has 2 nitrogen and oxygen atoms in total. The average molecular weight is 286 g/mol. The lowest BCUT2D eigenvalue weighted by molar-refractivity contribution is 0.620. The Balaban J connectivity index is 2.48. The Morgan fingerprint density at radius 3 is 2.38 bits per heavy atom. The molecule has 0 saturated heterocycles. The summed E-state index contributed by atoms with van der Waals surface area (Å²) >= 11 is 0. The molecular weight excluding hydrogens is 263 g/mol. The van der Waals surface area contributed by atoms with Crippen LogP contribution in [0.4, 0.5) is 15.8 Å². The van der Waals surface area contributed by atoms with Gasteiger partial charge in [0.2, 0.25) is 0 Å². The summed E-state index contributed by atoms with van der Waals surface area (Å²) in [4.78, 5) is 2.01. The summed E-state index contributed by atoms with van der Waals surface area (Å²) in [6, 6.07) is 13.4. The second-order valence-corrected chi connectivity index (χ2v) is 5.51. The SMILES string of the molecule is CCN(c1ccc(C)cc1)c1c(F)cccc1CC(C)N. The molecule has 1 unspecified atom stereocenters. The number of nitrogens with two attached hydrogens (primary N) is 1. The Labute approximate surface area is 126 Å². The topological polar surface area (TPSA) is 29.3 Å². The molecule has 0 saturated carbocycles. The third-order valence-corrected chi connectivity index (χ3v) is 3.54. The van der Waals surface area contributed by atoms with Gasteiger partial charge in [-0.3, -0.25) is 0 Å². The first-order valence-electron chi connectivity index (χ1n) is 7.40.